The van der Waals surface area contributed by atoms with Crippen LogP contribution in [0.15, 0.2) is 48.8 Å². The molecule has 0 unspecified atom stereocenters. The Bertz CT molecular complexity index is 967. The Hall–Kier alpha value is -2.90. The van der Waals surface area contributed by atoms with Crippen molar-refractivity contribution in [1.82, 2.24) is 25.2 Å². The summed E-state index contributed by atoms with van der Waals surface area (Å²) in [7, 11) is 2.17. The Labute approximate surface area is 177 Å². The maximum Gasteiger partial charge on any atom is 0.128 e. The highest BCUT2D eigenvalue weighted by Gasteiger charge is 2.16. The number of rotatable bonds is 4. The Morgan fingerprint density at radius 1 is 0.800 bits per heavy atom. The molecule has 0 saturated carbocycles. The molecule has 2 aliphatic rings. The summed E-state index contributed by atoms with van der Waals surface area (Å²) in [4.78, 5) is 20.0. The fourth-order valence-corrected chi connectivity index (χ4v) is 4.16. The fourth-order valence-electron chi connectivity index (χ4n) is 4.16. The maximum atomic E-state index is 4.72. The van der Waals surface area contributed by atoms with Gasteiger partial charge in [-0.3, -0.25) is 4.98 Å². The minimum absolute atomic E-state index is 0.947. The van der Waals surface area contributed by atoms with Crippen molar-refractivity contribution >= 4 is 11.6 Å². The molecule has 0 spiro atoms. The number of likely N-dealkylation sites (N-methyl/N-ethyl adjacent to an activating group) is 1. The van der Waals surface area contributed by atoms with Gasteiger partial charge in [0.1, 0.15) is 11.6 Å². The van der Waals surface area contributed by atoms with Crippen LogP contribution in [0.5, 0.6) is 0 Å². The Kier molecular flexibility index (Phi) is 5.38. The normalized spacial score (nSPS) is 18.0. The van der Waals surface area contributed by atoms with Crippen LogP contribution < -0.4 is 15.1 Å². The van der Waals surface area contributed by atoms with Crippen LogP contribution in [0.4, 0.5) is 11.6 Å². The Morgan fingerprint density at radius 2 is 1.63 bits per heavy atom. The third-order valence-electron chi connectivity index (χ3n) is 6.07. The number of piperazine rings is 2. The van der Waals surface area contributed by atoms with E-state index in [1.165, 1.54) is 5.82 Å². The third kappa shape index (κ3) is 4.04. The molecule has 2 fully saturated rings. The van der Waals surface area contributed by atoms with Crippen LogP contribution >= 0.6 is 0 Å². The summed E-state index contributed by atoms with van der Waals surface area (Å²) in [5, 5.41) is 3.40. The summed E-state index contributed by atoms with van der Waals surface area (Å²) in [6, 6.07) is 12.8. The van der Waals surface area contributed by atoms with E-state index < -0.39 is 0 Å². The van der Waals surface area contributed by atoms with Crippen LogP contribution in [0.3, 0.4) is 0 Å². The van der Waals surface area contributed by atoms with E-state index in [1.54, 1.807) is 0 Å². The van der Waals surface area contributed by atoms with E-state index in [4.69, 9.17) is 4.98 Å². The number of aromatic amines is 1. The topological polar surface area (TPSA) is 63.3 Å². The van der Waals surface area contributed by atoms with Crippen molar-refractivity contribution in [1.29, 1.82) is 0 Å². The molecule has 0 bridgehead atoms. The molecule has 3 aromatic heterocycles. The van der Waals surface area contributed by atoms with Gasteiger partial charge in [-0.2, -0.15) is 0 Å². The molecule has 7 nitrogen and oxygen atoms in total. The van der Waals surface area contributed by atoms with Gasteiger partial charge in [-0.15, -0.1) is 0 Å². The SMILES string of the molecule is CN1CCN(c2ccc(-c3cc(-c4ccc(N5CCNCC5)[nH]4)ccn3)cn2)CC1. The summed E-state index contributed by atoms with van der Waals surface area (Å²) in [6.07, 6.45) is 3.82. The molecule has 0 atom stereocenters. The third-order valence-corrected chi connectivity index (χ3v) is 6.07. The molecule has 2 saturated heterocycles. The van der Waals surface area contributed by atoms with Crippen molar-refractivity contribution in [2.45, 2.75) is 0 Å². The van der Waals surface area contributed by atoms with Crippen LogP contribution in [0.2, 0.25) is 0 Å². The van der Waals surface area contributed by atoms with E-state index in [2.05, 4.69) is 73.4 Å². The summed E-state index contributed by atoms with van der Waals surface area (Å²) in [5.74, 6) is 2.23. The monoisotopic (exact) mass is 403 g/mol. The van der Waals surface area contributed by atoms with E-state index in [-0.39, 0.29) is 0 Å². The molecule has 7 heteroatoms. The molecule has 5 rings (SSSR count). The van der Waals surface area contributed by atoms with Crippen molar-refractivity contribution < 1.29 is 0 Å². The predicted octanol–water partition coefficient (Wildman–Crippen LogP) is 2.30. The molecule has 2 aliphatic heterocycles. The number of aromatic nitrogens is 3. The quantitative estimate of drug-likeness (QED) is 0.697. The minimum atomic E-state index is 0.947. The second-order valence-corrected chi connectivity index (χ2v) is 8.12. The first-order valence-electron chi connectivity index (χ1n) is 10.8. The van der Waals surface area contributed by atoms with Gasteiger partial charge in [0, 0.05) is 81.6 Å². The largest absolute Gasteiger partial charge is 0.356 e. The van der Waals surface area contributed by atoms with Crippen LogP contribution in [0.25, 0.3) is 22.5 Å². The molecule has 0 aromatic carbocycles. The first-order chi connectivity index (χ1) is 14.8. The summed E-state index contributed by atoms with van der Waals surface area (Å²) < 4.78 is 0. The van der Waals surface area contributed by atoms with E-state index in [0.29, 0.717) is 0 Å². The van der Waals surface area contributed by atoms with E-state index >= 15 is 0 Å². The van der Waals surface area contributed by atoms with Crippen LogP contribution in [-0.2, 0) is 0 Å². The van der Waals surface area contributed by atoms with Crippen LogP contribution in [-0.4, -0.2) is 79.3 Å². The Morgan fingerprint density at radius 3 is 2.40 bits per heavy atom. The van der Waals surface area contributed by atoms with Gasteiger partial charge in [-0.05, 0) is 43.4 Å². The van der Waals surface area contributed by atoms with E-state index in [1.807, 2.05) is 12.4 Å². The van der Waals surface area contributed by atoms with Crippen molar-refractivity contribution in [2.75, 3.05) is 69.2 Å². The number of H-pyrrole nitrogens is 1. The predicted molar refractivity (Wildman–Crippen MR) is 122 cm³/mol. The number of hydrogen-bond donors (Lipinski definition) is 2. The van der Waals surface area contributed by atoms with Crippen LogP contribution in [0, 0.1) is 0 Å². The van der Waals surface area contributed by atoms with Gasteiger partial charge < -0.3 is 25.0 Å². The molecule has 0 amide bonds. The van der Waals surface area contributed by atoms with E-state index in [0.717, 1.165) is 80.7 Å². The summed E-state index contributed by atoms with van der Waals surface area (Å²) in [6.45, 7) is 8.35. The highest BCUT2D eigenvalue weighted by Crippen LogP contribution is 2.27. The zero-order valence-corrected chi connectivity index (χ0v) is 17.5. The van der Waals surface area contributed by atoms with Gasteiger partial charge in [-0.25, -0.2) is 4.98 Å². The zero-order chi connectivity index (χ0) is 20.3. The second kappa shape index (κ2) is 8.45. The number of pyridine rings is 2. The highest BCUT2D eigenvalue weighted by molar-refractivity contribution is 5.70. The molecule has 156 valence electrons. The first kappa shape index (κ1) is 19.1. The second-order valence-electron chi connectivity index (χ2n) is 8.12. The van der Waals surface area contributed by atoms with Crippen molar-refractivity contribution in [3.05, 3.63) is 48.8 Å². The average molecular weight is 404 g/mol. The van der Waals surface area contributed by atoms with Gasteiger partial charge in [0.05, 0.1) is 5.69 Å². The lowest BCUT2D eigenvalue weighted by atomic mass is 10.1. The van der Waals surface area contributed by atoms with Gasteiger partial charge in [0.2, 0.25) is 0 Å². The summed E-state index contributed by atoms with van der Waals surface area (Å²) in [5.41, 5.74) is 4.26. The lowest BCUT2D eigenvalue weighted by molar-refractivity contribution is 0.312. The minimum Gasteiger partial charge on any atom is -0.356 e. The zero-order valence-electron chi connectivity index (χ0n) is 17.5. The average Bonchev–Trinajstić information content (AvgIpc) is 3.31. The lowest BCUT2D eigenvalue weighted by Gasteiger charge is -2.33. The summed E-state index contributed by atoms with van der Waals surface area (Å²) >= 11 is 0. The molecule has 5 heterocycles. The molecular weight excluding hydrogens is 374 g/mol. The molecule has 3 aromatic rings. The molecule has 0 aliphatic carbocycles. The number of anilines is 2. The van der Waals surface area contributed by atoms with Crippen molar-refractivity contribution in [2.24, 2.45) is 0 Å². The standard InChI is InChI=1S/C23H29N7/c1-28-12-14-30(15-13-28)22-4-2-19(17-26-22)21-16-18(6-7-25-21)20-3-5-23(27-20)29-10-8-24-9-11-29/h2-7,16-17,24,27H,8-15H2,1H3. The molecule has 0 radical (unpaired) electrons. The highest BCUT2D eigenvalue weighted by atomic mass is 15.3. The smallest absolute Gasteiger partial charge is 0.128 e. The van der Waals surface area contributed by atoms with Gasteiger partial charge >= 0.3 is 0 Å². The first-order valence-corrected chi connectivity index (χ1v) is 10.8. The van der Waals surface area contributed by atoms with Gasteiger partial charge in [-0.1, -0.05) is 0 Å². The van der Waals surface area contributed by atoms with Crippen molar-refractivity contribution in [3.63, 3.8) is 0 Å². The molecular formula is C23H29N7. The van der Waals surface area contributed by atoms with Gasteiger partial charge in [0.25, 0.3) is 0 Å². The van der Waals surface area contributed by atoms with Gasteiger partial charge in [0.15, 0.2) is 0 Å². The molecule has 30 heavy (non-hydrogen) atoms. The van der Waals surface area contributed by atoms with Crippen molar-refractivity contribution in [3.8, 4) is 22.5 Å². The van der Waals surface area contributed by atoms with E-state index in [9.17, 15) is 0 Å². The Balaban J connectivity index is 1.33. The number of hydrogen-bond acceptors (Lipinski definition) is 6. The maximum absolute atomic E-state index is 4.72. The molecule has 2 N–H and O–H groups in total. The number of nitrogens with one attached hydrogen (secondary N) is 2. The van der Waals surface area contributed by atoms with Crippen LogP contribution in [0.1, 0.15) is 0 Å². The number of nitrogens with zero attached hydrogens (tertiary/aromatic N) is 5. The fraction of sp³-hybridized carbons (Fsp3) is 0.391. The lowest BCUT2D eigenvalue weighted by Crippen LogP contribution is -2.44.